The minimum atomic E-state index is -0.187. The van der Waals surface area contributed by atoms with E-state index in [9.17, 15) is 0 Å². The normalized spacial score (nSPS) is 12.5. The van der Waals surface area contributed by atoms with E-state index in [-0.39, 0.29) is 6.04 Å². The molecule has 0 saturated carbocycles. The fourth-order valence-electron chi connectivity index (χ4n) is 2.52. The summed E-state index contributed by atoms with van der Waals surface area (Å²) in [7, 11) is 1.64. The van der Waals surface area contributed by atoms with Gasteiger partial charge in [-0.3, -0.25) is 0 Å². The van der Waals surface area contributed by atoms with E-state index < -0.39 is 0 Å². The van der Waals surface area contributed by atoms with Crippen molar-refractivity contribution in [3.63, 3.8) is 0 Å². The molecule has 0 aromatic carbocycles. The van der Waals surface area contributed by atoms with E-state index >= 15 is 0 Å². The molecule has 0 spiro atoms. The first-order valence-corrected chi connectivity index (χ1v) is 7.75. The van der Waals surface area contributed by atoms with Crippen LogP contribution < -0.4 is 5.32 Å². The lowest BCUT2D eigenvalue weighted by atomic mass is 10.1. The fourth-order valence-corrected chi connectivity index (χ4v) is 2.52. The zero-order valence-electron chi connectivity index (χ0n) is 14.2. The number of fused-ring (bicyclic) bond motifs is 1. The van der Waals surface area contributed by atoms with Gasteiger partial charge in [-0.15, -0.1) is 0 Å². The highest BCUT2D eigenvalue weighted by Crippen LogP contribution is 2.25. The smallest absolute Gasteiger partial charge is 0.248 e. The van der Waals surface area contributed by atoms with Crippen molar-refractivity contribution in [3.05, 3.63) is 35.4 Å². The third-order valence-electron chi connectivity index (χ3n) is 3.67. The molecular formula is C16H20N6O2. The Balaban J connectivity index is 1.85. The number of pyridine rings is 1. The van der Waals surface area contributed by atoms with E-state index in [1.807, 2.05) is 26.8 Å². The first-order chi connectivity index (χ1) is 11.6. The molecule has 0 aliphatic rings. The van der Waals surface area contributed by atoms with Crippen LogP contribution in [-0.4, -0.2) is 38.8 Å². The Kier molecular flexibility index (Phi) is 4.66. The minimum Gasteiger partial charge on any atom is -0.384 e. The van der Waals surface area contributed by atoms with Crippen molar-refractivity contribution >= 4 is 16.9 Å². The second-order valence-corrected chi connectivity index (χ2v) is 5.66. The second kappa shape index (κ2) is 6.88. The molecule has 1 atom stereocenters. The van der Waals surface area contributed by atoms with Crippen LogP contribution in [0, 0.1) is 13.8 Å². The van der Waals surface area contributed by atoms with Crippen molar-refractivity contribution in [2.24, 2.45) is 0 Å². The topological polar surface area (TPSA) is 98.9 Å². The zero-order chi connectivity index (χ0) is 17.1. The predicted octanol–water partition coefficient (Wildman–Crippen LogP) is 2.39. The molecule has 1 N–H and O–H groups in total. The van der Waals surface area contributed by atoms with Crippen LogP contribution in [0.4, 0.5) is 5.82 Å². The van der Waals surface area contributed by atoms with E-state index in [4.69, 9.17) is 9.26 Å². The summed E-state index contributed by atoms with van der Waals surface area (Å²) in [6, 6.07) is 1.82. The molecule has 0 aliphatic carbocycles. The molecule has 24 heavy (non-hydrogen) atoms. The molecule has 8 nitrogen and oxygen atoms in total. The third kappa shape index (κ3) is 3.33. The van der Waals surface area contributed by atoms with Gasteiger partial charge in [0.2, 0.25) is 5.89 Å². The van der Waals surface area contributed by atoms with Gasteiger partial charge >= 0.3 is 0 Å². The quantitative estimate of drug-likeness (QED) is 0.736. The number of anilines is 1. The summed E-state index contributed by atoms with van der Waals surface area (Å²) in [5, 5.41) is 8.17. The van der Waals surface area contributed by atoms with Crippen molar-refractivity contribution in [1.82, 2.24) is 25.1 Å². The number of methoxy groups -OCH3 is 1. The third-order valence-corrected chi connectivity index (χ3v) is 3.67. The number of hydrogen-bond acceptors (Lipinski definition) is 8. The highest BCUT2D eigenvalue weighted by atomic mass is 16.5. The first kappa shape index (κ1) is 16.3. The maximum absolute atomic E-state index is 5.32. The first-order valence-electron chi connectivity index (χ1n) is 7.75. The van der Waals surface area contributed by atoms with Crippen LogP contribution in [-0.2, 0) is 11.2 Å². The molecule has 3 aromatic rings. The number of aryl methyl sites for hydroxylation is 2. The van der Waals surface area contributed by atoms with Crippen LogP contribution in [0.15, 0.2) is 16.9 Å². The van der Waals surface area contributed by atoms with Crippen LogP contribution in [0.25, 0.3) is 11.0 Å². The Morgan fingerprint density at radius 1 is 1.25 bits per heavy atom. The van der Waals surface area contributed by atoms with Gasteiger partial charge in [0.15, 0.2) is 11.5 Å². The van der Waals surface area contributed by atoms with Gasteiger partial charge in [0, 0.05) is 19.2 Å². The Bertz CT molecular complexity index is 848. The molecule has 0 amide bonds. The predicted molar refractivity (Wildman–Crippen MR) is 88.7 cm³/mol. The minimum absolute atomic E-state index is 0.187. The van der Waals surface area contributed by atoms with Crippen LogP contribution in [0.3, 0.4) is 0 Å². The summed E-state index contributed by atoms with van der Waals surface area (Å²) in [4.78, 5) is 17.4. The van der Waals surface area contributed by atoms with E-state index in [0.717, 1.165) is 16.6 Å². The molecule has 0 saturated heterocycles. The highest BCUT2D eigenvalue weighted by Gasteiger charge is 2.17. The van der Waals surface area contributed by atoms with Gasteiger partial charge in [0.1, 0.15) is 18.2 Å². The maximum Gasteiger partial charge on any atom is 0.248 e. The summed E-state index contributed by atoms with van der Waals surface area (Å²) in [5.41, 5.74) is 2.67. The van der Waals surface area contributed by atoms with E-state index in [2.05, 4.69) is 30.4 Å². The molecule has 3 aromatic heterocycles. The van der Waals surface area contributed by atoms with Crippen LogP contribution in [0.1, 0.15) is 35.9 Å². The van der Waals surface area contributed by atoms with Gasteiger partial charge in [-0.1, -0.05) is 5.16 Å². The number of aromatic nitrogens is 5. The van der Waals surface area contributed by atoms with E-state index in [0.29, 0.717) is 36.2 Å². The molecule has 8 heteroatoms. The number of ether oxygens (including phenoxy) is 1. The SMILES string of the molecule is COCCc1noc([C@H](C)Nc2ncnc3nc(C)cc(C)c23)n1. The molecular weight excluding hydrogens is 308 g/mol. The van der Waals surface area contributed by atoms with Gasteiger partial charge in [-0.2, -0.15) is 4.98 Å². The lowest BCUT2D eigenvalue weighted by molar-refractivity contribution is 0.199. The van der Waals surface area contributed by atoms with Crippen LogP contribution >= 0.6 is 0 Å². The average molecular weight is 328 g/mol. The summed E-state index contributed by atoms with van der Waals surface area (Å²) in [6.45, 7) is 6.47. The largest absolute Gasteiger partial charge is 0.384 e. The number of rotatable bonds is 6. The second-order valence-electron chi connectivity index (χ2n) is 5.66. The molecule has 0 radical (unpaired) electrons. The van der Waals surface area contributed by atoms with Gasteiger partial charge in [0.25, 0.3) is 0 Å². The lowest BCUT2D eigenvalue weighted by Crippen LogP contribution is -2.10. The standard InChI is InChI=1S/C16H20N6O2/c1-9-7-10(2)19-14-13(9)15(18-8-17-14)20-11(3)16-21-12(22-24-16)5-6-23-4/h7-8,11H,5-6H2,1-4H3,(H,17,18,19,20)/t11-/m0/s1. The molecule has 0 bridgehead atoms. The summed E-state index contributed by atoms with van der Waals surface area (Å²) >= 11 is 0. The van der Waals surface area contributed by atoms with Crippen LogP contribution in [0.5, 0.6) is 0 Å². The van der Waals surface area contributed by atoms with Gasteiger partial charge in [-0.05, 0) is 32.4 Å². The Labute approximate surface area is 139 Å². The van der Waals surface area contributed by atoms with Gasteiger partial charge in [-0.25, -0.2) is 15.0 Å². The summed E-state index contributed by atoms with van der Waals surface area (Å²) < 4.78 is 10.3. The Morgan fingerprint density at radius 2 is 2.08 bits per heavy atom. The number of nitrogens with zero attached hydrogens (tertiary/aromatic N) is 5. The van der Waals surface area contributed by atoms with Crippen molar-refractivity contribution in [2.45, 2.75) is 33.2 Å². The molecule has 0 aliphatic heterocycles. The summed E-state index contributed by atoms with van der Waals surface area (Å²) in [6.07, 6.45) is 2.12. The Hall–Kier alpha value is -2.61. The van der Waals surface area contributed by atoms with Crippen molar-refractivity contribution in [3.8, 4) is 0 Å². The molecule has 126 valence electrons. The van der Waals surface area contributed by atoms with E-state index in [1.165, 1.54) is 6.33 Å². The molecule has 3 heterocycles. The van der Waals surface area contributed by atoms with Crippen molar-refractivity contribution in [2.75, 3.05) is 19.0 Å². The average Bonchev–Trinajstić information content (AvgIpc) is 3.01. The molecule has 3 rings (SSSR count). The number of nitrogens with one attached hydrogen (secondary N) is 1. The monoisotopic (exact) mass is 328 g/mol. The van der Waals surface area contributed by atoms with Crippen molar-refractivity contribution < 1.29 is 9.26 Å². The summed E-state index contributed by atoms with van der Waals surface area (Å²) in [5.74, 6) is 1.83. The van der Waals surface area contributed by atoms with Crippen molar-refractivity contribution in [1.29, 1.82) is 0 Å². The zero-order valence-corrected chi connectivity index (χ0v) is 14.2. The number of hydrogen-bond donors (Lipinski definition) is 1. The van der Waals surface area contributed by atoms with Gasteiger partial charge in [0.05, 0.1) is 12.0 Å². The van der Waals surface area contributed by atoms with Crippen LogP contribution in [0.2, 0.25) is 0 Å². The molecule has 0 unspecified atom stereocenters. The fraction of sp³-hybridized carbons (Fsp3) is 0.438. The lowest BCUT2D eigenvalue weighted by Gasteiger charge is -2.13. The Morgan fingerprint density at radius 3 is 2.88 bits per heavy atom. The molecule has 0 fully saturated rings. The van der Waals surface area contributed by atoms with E-state index in [1.54, 1.807) is 7.11 Å². The highest BCUT2D eigenvalue weighted by molar-refractivity contribution is 5.89. The van der Waals surface area contributed by atoms with Gasteiger partial charge < -0.3 is 14.6 Å². The maximum atomic E-state index is 5.32.